The molecule has 1 saturated heterocycles. The lowest BCUT2D eigenvalue weighted by Gasteiger charge is -2.14. The zero-order valence-corrected chi connectivity index (χ0v) is 24.8. The second-order valence-corrected chi connectivity index (χ2v) is 12.2. The van der Waals surface area contributed by atoms with Crippen molar-refractivity contribution < 1.29 is 27.1 Å². The third kappa shape index (κ3) is 6.73. The summed E-state index contributed by atoms with van der Waals surface area (Å²) in [6.07, 6.45) is 1.62. The Morgan fingerprint density at radius 2 is 1.92 bits per heavy atom. The van der Waals surface area contributed by atoms with Crippen LogP contribution in [0.3, 0.4) is 0 Å². The number of hydrogen-bond donors (Lipinski definition) is 1. The number of thioether (sulfide) groups is 1. The van der Waals surface area contributed by atoms with Gasteiger partial charge in [-0.1, -0.05) is 6.07 Å². The molecule has 0 aromatic heterocycles. The maximum Gasteiger partial charge on any atom is 0.339 e. The summed E-state index contributed by atoms with van der Waals surface area (Å²) in [4.78, 5) is 27.4. The number of hydrogen-bond acceptors (Lipinski definition) is 9. The Balaban J connectivity index is 1.62. The molecule has 3 aromatic carbocycles. The van der Waals surface area contributed by atoms with E-state index >= 15 is 0 Å². The van der Waals surface area contributed by atoms with Gasteiger partial charge < -0.3 is 14.2 Å². The quantitative estimate of drug-likeness (QED) is 0.0978. The van der Waals surface area contributed by atoms with Gasteiger partial charge in [0.25, 0.3) is 11.6 Å². The van der Waals surface area contributed by atoms with Crippen molar-refractivity contribution in [3.63, 3.8) is 0 Å². The average Bonchev–Trinajstić information content (AvgIpc) is 3.19. The van der Waals surface area contributed by atoms with Gasteiger partial charge in [0.1, 0.15) is 4.90 Å². The molecule has 1 aliphatic rings. The number of nitrogens with zero attached hydrogens (tertiary/aromatic N) is 2. The minimum atomic E-state index is -4.34. The van der Waals surface area contributed by atoms with Crippen LogP contribution < -0.4 is 14.2 Å². The highest BCUT2D eigenvalue weighted by Crippen LogP contribution is 2.40. The van der Waals surface area contributed by atoms with Crippen molar-refractivity contribution in [2.75, 3.05) is 6.61 Å². The summed E-state index contributed by atoms with van der Waals surface area (Å²) >= 11 is 6.68. The molecule has 3 aromatic rings. The minimum absolute atomic E-state index is 0.100. The Hall–Kier alpha value is -2.95. The number of amidine groups is 1. The molecule has 10 nitrogen and oxygen atoms in total. The lowest BCUT2D eigenvalue weighted by atomic mass is 10.2. The van der Waals surface area contributed by atoms with Gasteiger partial charge >= 0.3 is 10.1 Å². The second kappa shape index (κ2) is 11.8. The summed E-state index contributed by atoms with van der Waals surface area (Å²) in [5.74, 6) is -0.304. The van der Waals surface area contributed by atoms with E-state index in [1.807, 2.05) is 24.3 Å². The number of ether oxygens (including phenoxy) is 1. The summed E-state index contributed by atoms with van der Waals surface area (Å²) < 4.78 is 38.0. The number of non-ortho nitro benzene ring substituents is 1. The van der Waals surface area contributed by atoms with Gasteiger partial charge in [0, 0.05) is 15.7 Å². The Morgan fingerprint density at radius 3 is 2.58 bits per heavy atom. The van der Waals surface area contributed by atoms with Crippen LogP contribution in [-0.2, 0) is 14.9 Å². The standard InChI is InChI=1S/C24H17BrIN3O7S2/c1-2-35-20-11-14(12-21-23(30)28-24(37-21)27-16-5-3-4-15(26)13-16)10-19(25)22(20)36-38(33,34)18-8-6-17(7-9-18)29(31)32/h3-13H,2H2,1H3,(H,27,28,30)/b21-12+. The normalized spacial score (nSPS) is 15.5. The molecule has 0 radical (unpaired) electrons. The Bertz CT molecular complexity index is 1590. The van der Waals surface area contributed by atoms with Crippen LogP contribution in [0.15, 0.2) is 79.9 Å². The first-order chi connectivity index (χ1) is 18.1. The highest BCUT2D eigenvalue weighted by atomic mass is 127. The van der Waals surface area contributed by atoms with Crippen LogP contribution in [0.1, 0.15) is 12.5 Å². The fourth-order valence-electron chi connectivity index (χ4n) is 3.20. The van der Waals surface area contributed by atoms with Crippen LogP contribution in [0.25, 0.3) is 6.08 Å². The predicted octanol–water partition coefficient (Wildman–Crippen LogP) is 6.02. The molecule has 0 unspecified atom stereocenters. The number of rotatable bonds is 8. The van der Waals surface area contributed by atoms with E-state index in [0.717, 1.165) is 27.8 Å². The number of nitrogens with one attached hydrogen (secondary N) is 1. The fourth-order valence-corrected chi connectivity index (χ4v) is 6.18. The van der Waals surface area contributed by atoms with Crippen LogP contribution in [-0.4, -0.2) is 31.0 Å². The topological polar surface area (TPSA) is 137 Å². The summed E-state index contributed by atoms with van der Waals surface area (Å²) in [6, 6.07) is 15.0. The van der Waals surface area contributed by atoms with Crippen LogP contribution in [0.4, 0.5) is 11.4 Å². The van der Waals surface area contributed by atoms with Gasteiger partial charge in [-0.05, 0) is 111 Å². The second-order valence-electron chi connectivity index (χ2n) is 7.51. The van der Waals surface area contributed by atoms with Crippen molar-refractivity contribution in [2.45, 2.75) is 11.8 Å². The van der Waals surface area contributed by atoms with Gasteiger partial charge in [-0.2, -0.15) is 8.42 Å². The lowest BCUT2D eigenvalue weighted by molar-refractivity contribution is -0.384. The van der Waals surface area contributed by atoms with E-state index in [4.69, 9.17) is 8.92 Å². The Kier molecular flexibility index (Phi) is 8.74. The van der Waals surface area contributed by atoms with Crippen molar-refractivity contribution in [2.24, 2.45) is 4.99 Å². The number of carbonyl (C=O) groups excluding carboxylic acids is 1. The molecule has 0 bridgehead atoms. The number of aliphatic imine (C=N–C) groups is 1. The first kappa shape index (κ1) is 28.1. The van der Waals surface area contributed by atoms with Crippen LogP contribution in [0.5, 0.6) is 11.5 Å². The molecular formula is C24H17BrIN3O7S2. The summed E-state index contributed by atoms with van der Waals surface area (Å²) in [5.41, 5.74) is 1.00. The molecule has 14 heteroatoms. The van der Waals surface area contributed by atoms with E-state index < -0.39 is 15.0 Å². The molecule has 1 fully saturated rings. The fraction of sp³-hybridized carbons (Fsp3) is 0.0833. The predicted molar refractivity (Wildman–Crippen MR) is 156 cm³/mol. The molecule has 1 N–H and O–H groups in total. The molecule has 196 valence electrons. The van der Waals surface area contributed by atoms with Crippen molar-refractivity contribution in [3.05, 3.63) is 89.3 Å². The zero-order chi connectivity index (χ0) is 27.4. The Morgan fingerprint density at radius 1 is 1.18 bits per heavy atom. The SMILES string of the molecule is CCOc1cc(/C=C2/SC(=Nc3cccc(I)c3)NC2=O)cc(Br)c1OS(=O)(=O)c1ccc([N+](=O)[O-])cc1. The summed E-state index contributed by atoms with van der Waals surface area (Å²) in [6.45, 7) is 1.93. The van der Waals surface area contributed by atoms with E-state index in [1.165, 1.54) is 11.8 Å². The molecule has 4 rings (SSSR count). The van der Waals surface area contributed by atoms with Crippen LogP contribution >= 0.6 is 50.3 Å². The van der Waals surface area contributed by atoms with E-state index in [-0.39, 0.29) is 39.1 Å². The summed E-state index contributed by atoms with van der Waals surface area (Å²) in [5, 5.41) is 14.0. The molecule has 38 heavy (non-hydrogen) atoms. The van der Waals surface area contributed by atoms with E-state index in [2.05, 4.69) is 48.8 Å². The average molecular weight is 730 g/mol. The molecule has 0 aliphatic carbocycles. The monoisotopic (exact) mass is 729 g/mol. The number of nitro benzene ring substituents is 1. The first-order valence-electron chi connectivity index (χ1n) is 10.8. The third-order valence-corrected chi connectivity index (χ3v) is 8.25. The van der Waals surface area contributed by atoms with Crippen LogP contribution in [0, 0.1) is 13.7 Å². The number of benzene rings is 3. The highest BCUT2D eigenvalue weighted by molar-refractivity contribution is 14.1. The highest BCUT2D eigenvalue weighted by Gasteiger charge is 2.26. The smallest absolute Gasteiger partial charge is 0.339 e. The molecule has 0 saturated carbocycles. The molecule has 1 aliphatic heterocycles. The van der Waals surface area contributed by atoms with E-state index in [9.17, 15) is 23.3 Å². The summed E-state index contributed by atoms with van der Waals surface area (Å²) in [7, 11) is -4.34. The van der Waals surface area contributed by atoms with Gasteiger partial charge in [-0.25, -0.2) is 4.99 Å². The number of amides is 1. The molecule has 0 spiro atoms. The van der Waals surface area contributed by atoms with E-state index in [0.29, 0.717) is 21.3 Å². The van der Waals surface area contributed by atoms with Gasteiger partial charge in [0.2, 0.25) is 0 Å². The maximum absolute atomic E-state index is 12.9. The van der Waals surface area contributed by atoms with Gasteiger partial charge in [0.15, 0.2) is 16.7 Å². The van der Waals surface area contributed by atoms with Crippen molar-refractivity contribution in [1.82, 2.24) is 5.32 Å². The van der Waals surface area contributed by atoms with Crippen molar-refractivity contribution >= 4 is 88.9 Å². The van der Waals surface area contributed by atoms with Crippen molar-refractivity contribution in [3.8, 4) is 11.5 Å². The van der Waals surface area contributed by atoms with Crippen LogP contribution in [0.2, 0.25) is 0 Å². The lowest BCUT2D eigenvalue weighted by Crippen LogP contribution is -2.19. The molecule has 0 atom stereocenters. The van der Waals surface area contributed by atoms with E-state index in [1.54, 1.807) is 25.1 Å². The number of nitro groups is 1. The molecule has 1 amide bonds. The zero-order valence-electron chi connectivity index (χ0n) is 19.4. The molecular weight excluding hydrogens is 713 g/mol. The van der Waals surface area contributed by atoms with Gasteiger partial charge in [-0.3, -0.25) is 14.9 Å². The Labute approximate surface area is 244 Å². The molecule has 1 heterocycles. The third-order valence-electron chi connectivity index (χ3n) is 4.85. The van der Waals surface area contributed by atoms with Gasteiger partial charge in [0.05, 0.1) is 26.6 Å². The number of carbonyl (C=O) groups is 1. The van der Waals surface area contributed by atoms with Crippen molar-refractivity contribution in [1.29, 1.82) is 0 Å². The number of halogens is 2. The van der Waals surface area contributed by atoms with Gasteiger partial charge in [-0.15, -0.1) is 0 Å². The maximum atomic E-state index is 12.9. The largest absolute Gasteiger partial charge is 0.490 e. The minimum Gasteiger partial charge on any atom is -0.490 e. The first-order valence-corrected chi connectivity index (χ1v) is 14.9.